The fourth-order valence-electron chi connectivity index (χ4n) is 1.22. The molecule has 0 aliphatic carbocycles. The van der Waals surface area contributed by atoms with Gasteiger partial charge in [0.2, 0.25) is 0 Å². The summed E-state index contributed by atoms with van der Waals surface area (Å²) in [6.07, 6.45) is 4.66. The second kappa shape index (κ2) is 4.65. The lowest BCUT2D eigenvalue weighted by Crippen LogP contribution is -2.13. The number of rotatable bonds is 4. The van der Waals surface area contributed by atoms with Crippen molar-refractivity contribution in [2.24, 2.45) is 0 Å². The van der Waals surface area contributed by atoms with Gasteiger partial charge >= 0.3 is 0 Å². The molecule has 0 aliphatic heterocycles. The van der Waals surface area contributed by atoms with E-state index in [1.165, 1.54) is 6.33 Å². The van der Waals surface area contributed by atoms with E-state index >= 15 is 0 Å². The largest absolute Gasteiger partial charge is 0.366 e. The number of hydrogen-bond acceptors (Lipinski definition) is 5. The van der Waals surface area contributed by atoms with E-state index in [2.05, 4.69) is 25.6 Å². The third-order valence-electron chi connectivity index (χ3n) is 2.07. The molecule has 2 aromatic rings. The van der Waals surface area contributed by atoms with E-state index in [9.17, 15) is 4.39 Å². The molecule has 0 radical (unpaired) electrons. The molecule has 2 aromatic heterocycles. The maximum Gasteiger partial charge on any atom is 0.186 e. The molecule has 0 spiro atoms. The monoisotopic (exact) mass is 222 g/mol. The van der Waals surface area contributed by atoms with Gasteiger partial charge in [0.1, 0.15) is 6.33 Å². The maximum atomic E-state index is 13.4. The molecule has 2 rings (SSSR count). The van der Waals surface area contributed by atoms with Crippen LogP contribution in [0.25, 0.3) is 0 Å². The summed E-state index contributed by atoms with van der Waals surface area (Å²) in [5.74, 6) is -0.200. The van der Waals surface area contributed by atoms with Crippen LogP contribution in [0, 0.1) is 12.7 Å². The van der Waals surface area contributed by atoms with Gasteiger partial charge in [-0.2, -0.15) is 0 Å². The number of nitrogens with zero attached hydrogens (tertiary/aromatic N) is 5. The van der Waals surface area contributed by atoms with Crippen LogP contribution in [-0.2, 0) is 6.54 Å². The minimum Gasteiger partial charge on any atom is -0.366 e. The fraction of sp³-hybridized carbons (Fsp3) is 0.333. The fourth-order valence-corrected chi connectivity index (χ4v) is 1.22. The lowest BCUT2D eigenvalue weighted by molar-refractivity contribution is 0.590. The third kappa shape index (κ3) is 2.30. The highest BCUT2D eigenvalue weighted by atomic mass is 19.1. The zero-order valence-corrected chi connectivity index (χ0v) is 8.76. The molecule has 1 N–H and O–H groups in total. The van der Waals surface area contributed by atoms with Crippen molar-refractivity contribution in [3.63, 3.8) is 0 Å². The molecule has 0 amide bonds. The van der Waals surface area contributed by atoms with Crippen LogP contribution >= 0.6 is 0 Å². The Balaban J connectivity index is 1.92. The predicted molar refractivity (Wildman–Crippen MR) is 55.2 cm³/mol. The van der Waals surface area contributed by atoms with Crippen molar-refractivity contribution in [2.45, 2.75) is 13.5 Å². The molecule has 0 saturated carbocycles. The predicted octanol–water partition coefficient (Wildman–Crippen LogP) is 0.628. The standard InChI is InChI=1S/C9H11FN6/c1-7-8(10)9(13-6-12-7)11-2-4-16-5-3-14-15-16/h3,5-6H,2,4H2,1H3,(H,11,12,13). The van der Waals surface area contributed by atoms with Crippen LogP contribution in [0.4, 0.5) is 10.2 Å². The zero-order chi connectivity index (χ0) is 11.4. The molecule has 0 saturated heterocycles. The second-order valence-electron chi connectivity index (χ2n) is 3.21. The van der Waals surface area contributed by atoms with Crippen LogP contribution in [0.5, 0.6) is 0 Å². The Hall–Kier alpha value is -2.05. The average Bonchev–Trinajstić information content (AvgIpc) is 2.77. The number of aromatic nitrogens is 5. The highest BCUT2D eigenvalue weighted by molar-refractivity contribution is 5.36. The van der Waals surface area contributed by atoms with Gasteiger partial charge in [-0.1, -0.05) is 5.21 Å². The summed E-state index contributed by atoms with van der Waals surface area (Å²) in [7, 11) is 0. The van der Waals surface area contributed by atoms with Gasteiger partial charge in [-0.25, -0.2) is 14.4 Å². The molecule has 84 valence electrons. The van der Waals surface area contributed by atoms with Crippen molar-refractivity contribution in [3.05, 3.63) is 30.2 Å². The first kappa shape index (κ1) is 10.5. The minimum absolute atomic E-state index is 0.215. The van der Waals surface area contributed by atoms with Gasteiger partial charge in [-0.15, -0.1) is 5.10 Å². The first-order chi connectivity index (χ1) is 7.77. The third-order valence-corrected chi connectivity index (χ3v) is 2.07. The second-order valence-corrected chi connectivity index (χ2v) is 3.21. The van der Waals surface area contributed by atoms with E-state index in [0.717, 1.165) is 0 Å². The van der Waals surface area contributed by atoms with Crippen molar-refractivity contribution >= 4 is 5.82 Å². The molecule has 7 heteroatoms. The molecule has 0 bridgehead atoms. The van der Waals surface area contributed by atoms with Gasteiger partial charge in [0.25, 0.3) is 0 Å². The molecule has 0 atom stereocenters. The lowest BCUT2D eigenvalue weighted by Gasteiger charge is -2.06. The summed E-state index contributed by atoms with van der Waals surface area (Å²) in [5.41, 5.74) is 0.332. The molecular formula is C9H11FN6. The highest BCUT2D eigenvalue weighted by Gasteiger charge is 2.06. The lowest BCUT2D eigenvalue weighted by atomic mass is 10.4. The van der Waals surface area contributed by atoms with Crippen molar-refractivity contribution in [3.8, 4) is 0 Å². The molecular weight excluding hydrogens is 211 g/mol. The van der Waals surface area contributed by atoms with E-state index in [1.54, 1.807) is 24.0 Å². The Bertz CT molecular complexity index is 455. The van der Waals surface area contributed by atoms with Gasteiger partial charge in [0.15, 0.2) is 11.6 Å². The summed E-state index contributed by atoms with van der Waals surface area (Å²) in [6, 6.07) is 0. The van der Waals surface area contributed by atoms with Gasteiger partial charge in [0.05, 0.1) is 18.4 Å². The van der Waals surface area contributed by atoms with Crippen molar-refractivity contribution in [2.75, 3.05) is 11.9 Å². The molecule has 16 heavy (non-hydrogen) atoms. The molecule has 0 unspecified atom stereocenters. The Labute approximate surface area is 91.5 Å². The van der Waals surface area contributed by atoms with Crippen LogP contribution in [0.15, 0.2) is 18.7 Å². The van der Waals surface area contributed by atoms with E-state index in [-0.39, 0.29) is 5.82 Å². The van der Waals surface area contributed by atoms with Crippen LogP contribution in [0.3, 0.4) is 0 Å². The first-order valence-electron chi connectivity index (χ1n) is 4.82. The van der Waals surface area contributed by atoms with Gasteiger partial charge in [0, 0.05) is 12.7 Å². The Kier molecular flexibility index (Phi) is 3.04. The van der Waals surface area contributed by atoms with Crippen molar-refractivity contribution in [1.29, 1.82) is 0 Å². The summed E-state index contributed by atoms with van der Waals surface area (Å²) in [6.45, 7) is 2.72. The summed E-state index contributed by atoms with van der Waals surface area (Å²) < 4.78 is 15.1. The van der Waals surface area contributed by atoms with Crippen LogP contribution in [0.2, 0.25) is 0 Å². The van der Waals surface area contributed by atoms with Gasteiger partial charge in [-0.3, -0.25) is 4.68 Å². The van der Waals surface area contributed by atoms with Crippen LogP contribution < -0.4 is 5.32 Å². The molecule has 0 aliphatic rings. The van der Waals surface area contributed by atoms with Crippen LogP contribution in [-0.4, -0.2) is 31.5 Å². The quantitative estimate of drug-likeness (QED) is 0.821. The topological polar surface area (TPSA) is 68.5 Å². The van der Waals surface area contributed by atoms with Gasteiger partial charge < -0.3 is 5.32 Å². The Morgan fingerprint density at radius 3 is 3.06 bits per heavy atom. The van der Waals surface area contributed by atoms with Crippen molar-refractivity contribution < 1.29 is 4.39 Å². The number of halogens is 1. The number of hydrogen-bond donors (Lipinski definition) is 1. The SMILES string of the molecule is Cc1ncnc(NCCn2ccnn2)c1F. The van der Waals surface area contributed by atoms with Gasteiger partial charge in [-0.05, 0) is 6.92 Å². The average molecular weight is 222 g/mol. The molecule has 6 nitrogen and oxygen atoms in total. The number of anilines is 1. The Morgan fingerprint density at radius 1 is 1.44 bits per heavy atom. The summed E-state index contributed by atoms with van der Waals surface area (Å²) in [4.78, 5) is 7.56. The van der Waals surface area contributed by atoms with E-state index in [1.807, 2.05) is 0 Å². The number of aryl methyl sites for hydroxylation is 1. The van der Waals surface area contributed by atoms with E-state index in [4.69, 9.17) is 0 Å². The smallest absolute Gasteiger partial charge is 0.186 e. The minimum atomic E-state index is -0.416. The molecule has 2 heterocycles. The van der Waals surface area contributed by atoms with E-state index < -0.39 is 5.82 Å². The van der Waals surface area contributed by atoms with Crippen LogP contribution in [0.1, 0.15) is 5.69 Å². The molecule has 0 fully saturated rings. The number of nitrogens with one attached hydrogen (secondary N) is 1. The summed E-state index contributed by atoms with van der Waals surface area (Å²) in [5, 5.41) is 10.3. The Morgan fingerprint density at radius 2 is 2.31 bits per heavy atom. The normalized spacial score (nSPS) is 10.4. The first-order valence-corrected chi connectivity index (χ1v) is 4.82. The maximum absolute atomic E-state index is 13.4. The highest BCUT2D eigenvalue weighted by Crippen LogP contribution is 2.10. The zero-order valence-electron chi connectivity index (χ0n) is 8.76. The molecule has 0 aromatic carbocycles. The summed E-state index contributed by atoms with van der Waals surface area (Å²) >= 11 is 0. The van der Waals surface area contributed by atoms with Crippen molar-refractivity contribution in [1.82, 2.24) is 25.0 Å². The van der Waals surface area contributed by atoms with E-state index in [0.29, 0.717) is 18.8 Å².